The first-order chi connectivity index (χ1) is 16.0. The number of imidazole rings is 1. The SMILES string of the molecule is CNc1nc(N)nc2c1ncn2C1OC(CO[P+](=O)Oc2cccc3ccccc23)CC1C. The number of fused-ring (bicyclic) bond motifs is 2. The second-order valence-corrected chi connectivity index (χ2v) is 8.84. The van der Waals surface area contributed by atoms with Crippen molar-refractivity contribution in [2.75, 3.05) is 24.7 Å². The van der Waals surface area contributed by atoms with Crippen LogP contribution in [0.4, 0.5) is 11.8 Å². The monoisotopic (exact) mass is 467 g/mol. The standard InChI is InChI=1S/C22H24N6O4P/c1-13-10-15(11-30-33(29)32-17-9-5-7-14-6-3-4-8-16(14)17)31-21(13)28-12-25-18-19(24-2)26-22(23)27-20(18)28/h3-9,12-13,15,21H,10-11H2,1-2H3,(H3,23,24,26,27)/q+1. The average Bonchev–Trinajstić information content (AvgIpc) is 3.40. The van der Waals surface area contributed by atoms with Crippen molar-refractivity contribution < 1.29 is 18.3 Å². The van der Waals surface area contributed by atoms with Gasteiger partial charge in [0.05, 0.1) is 12.4 Å². The van der Waals surface area contributed by atoms with E-state index in [9.17, 15) is 4.57 Å². The lowest BCUT2D eigenvalue weighted by Crippen LogP contribution is -2.16. The van der Waals surface area contributed by atoms with Crippen LogP contribution in [0.15, 0.2) is 48.8 Å². The summed E-state index contributed by atoms with van der Waals surface area (Å²) in [5.74, 6) is 1.39. The van der Waals surface area contributed by atoms with Gasteiger partial charge in [0, 0.05) is 22.9 Å². The van der Waals surface area contributed by atoms with Crippen LogP contribution in [0.3, 0.4) is 0 Å². The highest BCUT2D eigenvalue weighted by atomic mass is 31.1. The number of nitrogens with one attached hydrogen (secondary N) is 1. The first-order valence-electron chi connectivity index (χ1n) is 10.6. The number of aromatic nitrogens is 4. The third-order valence-corrected chi connectivity index (χ3v) is 6.40. The summed E-state index contributed by atoms with van der Waals surface area (Å²) < 4.78 is 31.6. The molecule has 0 saturated carbocycles. The third kappa shape index (κ3) is 4.20. The summed E-state index contributed by atoms with van der Waals surface area (Å²) in [6.45, 7) is 2.22. The summed E-state index contributed by atoms with van der Waals surface area (Å²) in [5, 5.41) is 4.87. The van der Waals surface area contributed by atoms with Crippen molar-refractivity contribution >= 4 is 42.0 Å². The van der Waals surface area contributed by atoms with Crippen LogP contribution in [0.1, 0.15) is 19.6 Å². The Bertz CT molecular complexity index is 1320. The maximum Gasteiger partial charge on any atom is 0.750 e. The van der Waals surface area contributed by atoms with E-state index in [0.717, 1.165) is 17.2 Å². The first kappa shape index (κ1) is 21.5. The van der Waals surface area contributed by atoms with Gasteiger partial charge in [-0.1, -0.05) is 43.3 Å². The van der Waals surface area contributed by atoms with E-state index in [1.54, 1.807) is 19.4 Å². The Morgan fingerprint density at radius 1 is 1.24 bits per heavy atom. The summed E-state index contributed by atoms with van der Waals surface area (Å²) in [5.41, 5.74) is 7.07. The summed E-state index contributed by atoms with van der Waals surface area (Å²) in [4.78, 5) is 12.9. The van der Waals surface area contributed by atoms with Gasteiger partial charge in [-0.25, -0.2) is 9.51 Å². The lowest BCUT2D eigenvalue weighted by Gasteiger charge is -2.17. The second-order valence-electron chi connectivity index (χ2n) is 7.95. The zero-order valence-electron chi connectivity index (χ0n) is 18.2. The molecule has 0 radical (unpaired) electrons. The lowest BCUT2D eigenvalue weighted by molar-refractivity contribution is -0.0252. The molecule has 11 heteroatoms. The van der Waals surface area contributed by atoms with Gasteiger partial charge in [-0.15, -0.1) is 4.52 Å². The second kappa shape index (κ2) is 8.90. The van der Waals surface area contributed by atoms with E-state index in [1.165, 1.54) is 0 Å². The van der Waals surface area contributed by atoms with E-state index >= 15 is 0 Å². The summed E-state index contributed by atoms with van der Waals surface area (Å²) in [6, 6.07) is 13.4. The van der Waals surface area contributed by atoms with Crippen molar-refractivity contribution in [2.24, 2.45) is 5.92 Å². The van der Waals surface area contributed by atoms with E-state index in [2.05, 4.69) is 27.2 Å². The van der Waals surface area contributed by atoms with Crippen LogP contribution in [0.5, 0.6) is 5.75 Å². The van der Waals surface area contributed by atoms with Gasteiger partial charge in [0.15, 0.2) is 22.7 Å². The van der Waals surface area contributed by atoms with Crippen LogP contribution < -0.4 is 15.6 Å². The number of rotatable bonds is 7. The molecule has 4 aromatic rings. The number of anilines is 2. The molecule has 0 amide bonds. The summed E-state index contributed by atoms with van der Waals surface area (Å²) in [7, 11) is -0.600. The Balaban J connectivity index is 1.25. The molecule has 33 heavy (non-hydrogen) atoms. The Hall–Kier alpha value is -3.33. The number of nitrogens with zero attached hydrogens (tertiary/aromatic N) is 4. The predicted octanol–water partition coefficient (Wildman–Crippen LogP) is 4.28. The quantitative estimate of drug-likeness (QED) is 0.383. The molecule has 5 rings (SSSR count). The molecule has 4 unspecified atom stereocenters. The minimum Gasteiger partial charge on any atom is -0.371 e. The molecule has 1 saturated heterocycles. The fourth-order valence-electron chi connectivity index (χ4n) is 4.18. The Kier molecular flexibility index (Phi) is 5.80. The lowest BCUT2D eigenvalue weighted by atomic mass is 10.1. The van der Waals surface area contributed by atoms with E-state index in [0.29, 0.717) is 22.7 Å². The van der Waals surface area contributed by atoms with Gasteiger partial charge < -0.3 is 15.8 Å². The van der Waals surface area contributed by atoms with Gasteiger partial charge in [0.25, 0.3) is 0 Å². The minimum atomic E-state index is -2.35. The minimum absolute atomic E-state index is 0.145. The van der Waals surface area contributed by atoms with Gasteiger partial charge in [0.1, 0.15) is 12.8 Å². The number of hydrogen-bond donors (Lipinski definition) is 2. The molecule has 3 heterocycles. The van der Waals surface area contributed by atoms with Crippen LogP contribution in [-0.2, 0) is 13.8 Å². The van der Waals surface area contributed by atoms with Crippen LogP contribution in [0, 0.1) is 5.92 Å². The molecule has 2 aromatic heterocycles. The maximum absolute atomic E-state index is 12.5. The fourth-order valence-corrected chi connectivity index (χ4v) is 4.85. The van der Waals surface area contributed by atoms with Crippen LogP contribution >= 0.6 is 8.25 Å². The van der Waals surface area contributed by atoms with Crippen molar-refractivity contribution in [3.63, 3.8) is 0 Å². The zero-order chi connectivity index (χ0) is 22.9. The normalized spacial score (nSPS) is 20.9. The number of nitrogens with two attached hydrogens (primary N) is 1. The molecule has 1 fully saturated rings. The van der Waals surface area contributed by atoms with Crippen LogP contribution in [0.2, 0.25) is 0 Å². The van der Waals surface area contributed by atoms with Crippen molar-refractivity contribution in [1.82, 2.24) is 19.5 Å². The molecule has 4 atom stereocenters. The predicted molar refractivity (Wildman–Crippen MR) is 125 cm³/mol. The molecular weight excluding hydrogens is 443 g/mol. The third-order valence-electron chi connectivity index (χ3n) is 5.69. The van der Waals surface area contributed by atoms with Crippen molar-refractivity contribution in [3.05, 3.63) is 48.8 Å². The molecule has 170 valence electrons. The van der Waals surface area contributed by atoms with Crippen LogP contribution in [-0.4, -0.2) is 39.3 Å². The van der Waals surface area contributed by atoms with Crippen molar-refractivity contribution in [1.29, 1.82) is 0 Å². The molecule has 0 spiro atoms. The topological polar surface area (TPSA) is 126 Å². The number of nitrogen functional groups attached to an aromatic ring is 1. The van der Waals surface area contributed by atoms with E-state index in [-0.39, 0.29) is 30.8 Å². The van der Waals surface area contributed by atoms with Crippen molar-refractivity contribution in [3.8, 4) is 5.75 Å². The number of ether oxygens (including phenoxy) is 1. The van der Waals surface area contributed by atoms with Gasteiger partial charge in [0.2, 0.25) is 5.95 Å². The molecule has 10 nitrogen and oxygen atoms in total. The molecule has 1 aliphatic rings. The van der Waals surface area contributed by atoms with E-state index in [1.807, 2.05) is 41.0 Å². The fraction of sp³-hybridized carbons (Fsp3) is 0.318. The van der Waals surface area contributed by atoms with E-state index in [4.69, 9.17) is 19.5 Å². The highest BCUT2D eigenvalue weighted by molar-refractivity contribution is 7.33. The van der Waals surface area contributed by atoms with E-state index < -0.39 is 8.25 Å². The van der Waals surface area contributed by atoms with Gasteiger partial charge >= 0.3 is 8.25 Å². The smallest absolute Gasteiger partial charge is 0.371 e. The number of benzene rings is 2. The molecule has 1 aliphatic heterocycles. The molecule has 3 N–H and O–H groups in total. The highest BCUT2D eigenvalue weighted by Crippen LogP contribution is 2.39. The Morgan fingerprint density at radius 2 is 2.06 bits per heavy atom. The zero-order valence-corrected chi connectivity index (χ0v) is 19.1. The summed E-state index contributed by atoms with van der Waals surface area (Å²) >= 11 is 0. The van der Waals surface area contributed by atoms with Gasteiger partial charge in [-0.2, -0.15) is 9.97 Å². The molecule has 2 aromatic carbocycles. The molecule has 0 aliphatic carbocycles. The number of hydrogen-bond acceptors (Lipinski definition) is 9. The Morgan fingerprint density at radius 3 is 2.91 bits per heavy atom. The Labute approximate surface area is 191 Å². The van der Waals surface area contributed by atoms with Crippen LogP contribution in [0.25, 0.3) is 21.9 Å². The van der Waals surface area contributed by atoms with Crippen molar-refractivity contribution in [2.45, 2.75) is 25.7 Å². The molecular formula is C22H24N6O4P+. The molecule has 0 bridgehead atoms. The highest BCUT2D eigenvalue weighted by Gasteiger charge is 2.37. The first-order valence-corrected chi connectivity index (χ1v) is 11.7. The average molecular weight is 467 g/mol. The summed E-state index contributed by atoms with van der Waals surface area (Å²) in [6.07, 6.45) is 1.84. The maximum atomic E-state index is 12.5. The van der Waals surface area contributed by atoms with Gasteiger partial charge in [-0.05, 0) is 17.9 Å². The largest absolute Gasteiger partial charge is 0.750 e. The van der Waals surface area contributed by atoms with Gasteiger partial charge in [-0.3, -0.25) is 4.57 Å².